The Morgan fingerprint density at radius 2 is 2.29 bits per heavy atom. The van der Waals surface area contributed by atoms with Gasteiger partial charge in [0.05, 0.1) is 6.04 Å². The van der Waals surface area contributed by atoms with Crippen molar-refractivity contribution in [2.75, 3.05) is 6.54 Å². The van der Waals surface area contributed by atoms with Gasteiger partial charge in [0.25, 0.3) is 0 Å². The van der Waals surface area contributed by atoms with E-state index in [2.05, 4.69) is 20.8 Å². The topological polar surface area (TPSA) is 71.3 Å². The lowest BCUT2D eigenvalue weighted by Crippen LogP contribution is -2.37. The summed E-state index contributed by atoms with van der Waals surface area (Å²) in [5.41, 5.74) is 0.770. The first-order valence-electron chi connectivity index (χ1n) is 5.56. The van der Waals surface area contributed by atoms with Crippen LogP contribution in [-0.4, -0.2) is 27.2 Å². The number of carbonyl (C=O) groups excluding carboxylic acids is 1. The Kier molecular flexibility index (Phi) is 3.22. The number of hydrogen-bond donors (Lipinski definition) is 2. The van der Waals surface area contributed by atoms with Crippen LogP contribution in [0.1, 0.15) is 25.7 Å². The summed E-state index contributed by atoms with van der Waals surface area (Å²) in [5.74, 6) is 0.715. The maximum absolute atomic E-state index is 11.4. The molecule has 1 atom stereocenters. The van der Waals surface area contributed by atoms with Crippen molar-refractivity contribution in [3.63, 3.8) is 0 Å². The highest BCUT2D eigenvalue weighted by atomic mass is 16.2. The Morgan fingerprint density at radius 1 is 1.47 bits per heavy atom. The highest BCUT2D eigenvalue weighted by molar-refractivity contribution is 5.74. The molecular formula is C11H15N5O. The Labute approximate surface area is 99.0 Å². The number of nitrogens with one attached hydrogen (secondary N) is 2. The molecule has 1 unspecified atom stereocenters. The molecule has 0 aliphatic carbocycles. The van der Waals surface area contributed by atoms with Crippen molar-refractivity contribution in [3.8, 4) is 0 Å². The van der Waals surface area contributed by atoms with Gasteiger partial charge in [-0.25, -0.2) is 4.79 Å². The Morgan fingerprint density at radius 3 is 3.06 bits per heavy atom. The molecule has 2 heterocycles. The summed E-state index contributed by atoms with van der Waals surface area (Å²) in [5, 5.41) is 13.6. The van der Waals surface area contributed by atoms with Crippen molar-refractivity contribution < 1.29 is 4.79 Å². The van der Waals surface area contributed by atoms with E-state index in [0.29, 0.717) is 12.4 Å². The Bertz CT molecular complexity index is 521. The first-order valence-corrected chi connectivity index (χ1v) is 5.56. The van der Waals surface area contributed by atoms with Gasteiger partial charge in [-0.3, -0.25) is 4.40 Å². The molecule has 0 bridgehead atoms. The van der Waals surface area contributed by atoms with Crippen molar-refractivity contribution in [3.05, 3.63) is 30.2 Å². The van der Waals surface area contributed by atoms with E-state index in [1.165, 1.54) is 0 Å². The molecule has 2 N–H and O–H groups in total. The largest absolute Gasteiger partial charge is 0.338 e. The van der Waals surface area contributed by atoms with Gasteiger partial charge in [0, 0.05) is 12.7 Å². The van der Waals surface area contributed by atoms with Crippen molar-refractivity contribution in [1.29, 1.82) is 0 Å². The fourth-order valence-electron chi connectivity index (χ4n) is 1.63. The van der Waals surface area contributed by atoms with Gasteiger partial charge in [-0.05, 0) is 26.0 Å². The zero-order valence-corrected chi connectivity index (χ0v) is 9.84. The van der Waals surface area contributed by atoms with Crippen LogP contribution in [-0.2, 0) is 0 Å². The molecule has 2 amide bonds. The number of pyridine rings is 1. The molecule has 0 saturated carbocycles. The third-order valence-corrected chi connectivity index (χ3v) is 2.41. The van der Waals surface area contributed by atoms with Gasteiger partial charge in [0.1, 0.15) is 0 Å². The summed E-state index contributed by atoms with van der Waals surface area (Å²) in [7, 11) is 0. The van der Waals surface area contributed by atoms with E-state index in [9.17, 15) is 4.79 Å². The lowest BCUT2D eigenvalue weighted by atomic mass is 10.3. The molecular weight excluding hydrogens is 218 g/mol. The van der Waals surface area contributed by atoms with Gasteiger partial charge < -0.3 is 10.6 Å². The zero-order valence-electron chi connectivity index (χ0n) is 9.84. The molecule has 0 aromatic carbocycles. The summed E-state index contributed by atoms with van der Waals surface area (Å²) in [4.78, 5) is 11.4. The molecule has 0 saturated heterocycles. The lowest BCUT2D eigenvalue weighted by Gasteiger charge is -2.12. The molecule has 0 spiro atoms. The van der Waals surface area contributed by atoms with Crippen molar-refractivity contribution in [2.24, 2.45) is 0 Å². The van der Waals surface area contributed by atoms with Crippen LogP contribution < -0.4 is 10.6 Å². The molecule has 17 heavy (non-hydrogen) atoms. The standard InChI is InChI=1S/C11H15N5O/c1-3-12-11(17)13-8(2)10-15-14-9-6-4-5-7-16(9)10/h4-8H,3H2,1-2H3,(H2,12,13,17). The van der Waals surface area contributed by atoms with Crippen molar-refractivity contribution in [2.45, 2.75) is 19.9 Å². The van der Waals surface area contributed by atoms with E-state index >= 15 is 0 Å². The number of carbonyl (C=O) groups is 1. The van der Waals surface area contributed by atoms with Gasteiger partial charge in [0.15, 0.2) is 11.5 Å². The van der Waals surface area contributed by atoms with Gasteiger partial charge in [-0.2, -0.15) is 0 Å². The van der Waals surface area contributed by atoms with Crippen molar-refractivity contribution in [1.82, 2.24) is 25.2 Å². The van der Waals surface area contributed by atoms with E-state index in [0.717, 1.165) is 5.65 Å². The number of amides is 2. The predicted molar refractivity (Wildman–Crippen MR) is 63.6 cm³/mol. The summed E-state index contributed by atoms with van der Waals surface area (Å²) in [6, 6.07) is 5.27. The highest BCUT2D eigenvalue weighted by Gasteiger charge is 2.14. The zero-order chi connectivity index (χ0) is 12.3. The van der Waals surface area contributed by atoms with E-state index in [4.69, 9.17) is 0 Å². The van der Waals surface area contributed by atoms with Gasteiger partial charge in [-0.1, -0.05) is 6.07 Å². The molecule has 0 radical (unpaired) electrons. The summed E-state index contributed by atoms with van der Waals surface area (Å²) < 4.78 is 1.86. The quantitative estimate of drug-likeness (QED) is 0.834. The second-order valence-corrected chi connectivity index (χ2v) is 3.71. The Hall–Kier alpha value is -2.11. The van der Waals surface area contributed by atoms with Gasteiger partial charge >= 0.3 is 6.03 Å². The van der Waals surface area contributed by atoms with Crippen LogP contribution in [0, 0.1) is 0 Å². The van der Waals surface area contributed by atoms with E-state index < -0.39 is 0 Å². The summed E-state index contributed by atoms with van der Waals surface area (Å²) >= 11 is 0. The molecule has 0 aliphatic rings. The maximum Gasteiger partial charge on any atom is 0.315 e. The van der Waals surface area contributed by atoms with E-state index in [-0.39, 0.29) is 12.1 Å². The van der Waals surface area contributed by atoms with Crippen LogP contribution in [0.5, 0.6) is 0 Å². The molecule has 0 fully saturated rings. The van der Waals surface area contributed by atoms with Gasteiger partial charge in [0.2, 0.25) is 0 Å². The number of urea groups is 1. The van der Waals surface area contributed by atoms with Crippen LogP contribution in [0.4, 0.5) is 4.79 Å². The van der Waals surface area contributed by atoms with Crippen LogP contribution in [0.2, 0.25) is 0 Å². The molecule has 6 nitrogen and oxygen atoms in total. The minimum Gasteiger partial charge on any atom is -0.338 e. The number of nitrogens with zero attached hydrogens (tertiary/aromatic N) is 3. The number of hydrogen-bond acceptors (Lipinski definition) is 3. The SMILES string of the molecule is CCNC(=O)NC(C)c1nnc2ccccn12. The molecule has 2 aromatic rings. The summed E-state index contributed by atoms with van der Waals surface area (Å²) in [6.07, 6.45) is 1.88. The first-order chi connectivity index (χ1) is 8.22. The van der Waals surface area contributed by atoms with Crippen LogP contribution >= 0.6 is 0 Å². The molecule has 0 aliphatic heterocycles. The number of fused-ring (bicyclic) bond motifs is 1. The third kappa shape index (κ3) is 2.35. The molecule has 6 heteroatoms. The van der Waals surface area contributed by atoms with Crippen molar-refractivity contribution >= 4 is 11.7 Å². The maximum atomic E-state index is 11.4. The average molecular weight is 233 g/mol. The fourth-order valence-corrected chi connectivity index (χ4v) is 1.63. The first kappa shape index (κ1) is 11.4. The van der Waals surface area contributed by atoms with E-state index in [1.807, 2.05) is 42.6 Å². The smallest absolute Gasteiger partial charge is 0.315 e. The molecule has 2 aromatic heterocycles. The second-order valence-electron chi connectivity index (χ2n) is 3.71. The fraction of sp³-hybridized carbons (Fsp3) is 0.364. The monoisotopic (exact) mass is 233 g/mol. The highest BCUT2D eigenvalue weighted by Crippen LogP contribution is 2.11. The average Bonchev–Trinajstić information content (AvgIpc) is 2.72. The van der Waals surface area contributed by atoms with Gasteiger partial charge in [-0.15, -0.1) is 10.2 Å². The van der Waals surface area contributed by atoms with Crippen LogP contribution in [0.25, 0.3) is 5.65 Å². The number of aromatic nitrogens is 3. The molecule has 2 rings (SSSR count). The van der Waals surface area contributed by atoms with Crippen LogP contribution in [0.15, 0.2) is 24.4 Å². The van der Waals surface area contributed by atoms with E-state index in [1.54, 1.807) is 0 Å². The molecule has 90 valence electrons. The second kappa shape index (κ2) is 4.82. The minimum absolute atomic E-state index is 0.195. The normalized spacial score (nSPS) is 12.4. The Balaban J connectivity index is 2.19. The number of rotatable bonds is 3. The lowest BCUT2D eigenvalue weighted by molar-refractivity contribution is 0.238. The third-order valence-electron chi connectivity index (χ3n) is 2.41. The minimum atomic E-state index is -0.201. The predicted octanol–water partition coefficient (Wildman–Crippen LogP) is 1.11. The summed E-state index contributed by atoms with van der Waals surface area (Å²) in [6.45, 7) is 4.34. The van der Waals surface area contributed by atoms with Crippen LogP contribution in [0.3, 0.4) is 0 Å².